The third-order valence-corrected chi connectivity index (χ3v) is 3.34. The van der Waals surface area contributed by atoms with Gasteiger partial charge in [-0.2, -0.15) is 0 Å². The number of anilines is 1. The van der Waals surface area contributed by atoms with E-state index in [1.807, 2.05) is 6.07 Å². The normalized spacial score (nSPS) is 13.5. The lowest BCUT2D eigenvalue weighted by Gasteiger charge is -2.10. The van der Waals surface area contributed by atoms with Crippen LogP contribution >= 0.6 is 0 Å². The first-order chi connectivity index (χ1) is 9.16. The van der Waals surface area contributed by atoms with E-state index in [1.54, 1.807) is 48.6 Å². The maximum Gasteiger partial charge on any atom is 0.231 e. The molecule has 0 radical (unpaired) electrons. The standard InChI is InChI=1S/C15H12N2O2/c1-17-13-5-4-10(7-12(13)8-14(17)18)15(19)11-3-2-6-16-9-11/h2-7,9H,8H2,1H3. The fraction of sp³-hybridized carbons (Fsp3) is 0.133. The number of hydrogen-bond donors (Lipinski definition) is 0. The zero-order valence-corrected chi connectivity index (χ0v) is 10.5. The number of pyridine rings is 1. The van der Waals surface area contributed by atoms with Crippen LogP contribution in [0.15, 0.2) is 42.7 Å². The molecule has 2 aromatic rings. The van der Waals surface area contributed by atoms with Crippen molar-refractivity contribution in [2.45, 2.75) is 6.42 Å². The molecule has 4 heteroatoms. The summed E-state index contributed by atoms with van der Waals surface area (Å²) >= 11 is 0. The molecule has 1 aliphatic rings. The number of likely N-dealkylation sites (N-methyl/N-ethyl adjacent to an activating group) is 1. The molecule has 1 aromatic heterocycles. The zero-order valence-electron chi connectivity index (χ0n) is 10.5. The second-order valence-corrected chi connectivity index (χ2v) is 4.54. The van der Waals surface area contributed by atoms with Crippen LogP contribution < -0.4 is 4.90 Å². The van der Waals surface area contributed by atoms with Gasteiger partial charge in [0.25, 0.3) is 0 Å². The van der Waals surface area contributed by atoms with Crippen molar-refractivity contribution < 1.29 is 9.59 Å². The maximum atomic E-state index is 12.3. The lowest BCUT2D eigenvalue weighted by molar-refractivity contribution is -0.117. The van der Waals surface area contributed by atoms with Gasteiger partial charge in [0.15, 0.2) is 5.78 Å². The van der Waals surface area contributed by atoms with Crippen molar-refractivity contribution >= 4 is 17.4 Å². The molecule has 0 bridgehead atoms. The lowest BCUT2D eigenvalue weighted by Crippen LogP contribution is -2.20. The fourth-order valence-corrected chi connectivity index (χ4v) is 2.28. The molecule has 0 unspecified atom stereocenters. The van der Waals surface area contributed by atoms with Crippen LogP contribution in [0, 0.1) is 0 Å². The van der Waals surface area contributed by atoms with Crippen LogP contribution in [-0.2, 0) is 11.2 Å². The van der Waals surface area contributed by atoms with Gasteiger partial charge in [0.1, 0.15) is 0 Å². The van der Waals surface area contributed by atoms with Crippen LogP contribution in [0.1, 0.15) is 21.5 Å². The topological polar surface area (TPSA) is 50.3 Å². The van der Waals surface area contributed by atoms with Crippen molar-refractivity contribution in [2.24, 2.45) is 0 Å². The van der Waals surface area contributed by atoms with Gasteiger partial charge in [-0.25, -0.2) is 0 Å². The number of amides is 1. The van der Waals surface area contributed by atoms with Crippen molar-refractivity contribution in [3.8, 4) is 0 Å². The van der Waals surface area contributed by atoms with Crippen LogP contribution in [0.25, 0.3) is 0 Å². The Labute approximate surface area is 110 Å². The number of fused-ring (bicyclic) bond motifs is 1. The van der Waals surface area contributed by atoms with Crippen LogP contribution in [0.5, 0.6) is 0 Å². The second-order valence-electron chi connectivity index (χ2n) is 4.54. The Kier molecular flexibility index (Phi) is 2.63. The number of nitrogens with zero attached hydrogens (tertiary/aromatic N) is 2. The summed E-state index contributed by atoms with van der Waals surface area (Å²) in [7, 11) is 1.75. The van der Waals surface area contributed by atoms with Crippen molar-refractivity contribution in [1.82, 2.24) is 4.98 Å². The number of hydrogen-bond acceptors (Lipinski definition) is 3. The van der Waals surface area contributed by atoms with Crippen LogP contribution in [0.3, 0.4) is 0 Å². The molecule has 0 saturated carbocycles. The molecule has 0 saturated heterocycles. The summed E-state index contributed by atoms with van der Waals surface area (Å²) in [6, 6.07) is 8.84. The molecule has 1 amide bonds. The van der Waals surface area contributed by atoms with Crippen molar-refractivity contribution in [3.63, 3.8) is 0 Å². The van der Waals surface area contributed by atoms with E-state index in [4.69, 9.17) is 0 Å². The molecule has 0 fully saturated rings. The minimum atomic E-state index is -0.0714. The first-order valence-electron chi connectivity index (χ1n) is 6.01. The SMILES string of the molecule is CN1C(=O)Cc2cc(C(=O)c3cccnc3)ccc21. The Balaban J connectivity index is 1.99. The van der Waals surface area contributed by atoms with E-state index in [1.165, 1.54) is 0 Å². The Morgan fingerprint density at radius 2 is 2.11 bits per heavy atom. The van der Waals surface area contributed by atoms with Gasteiger partial charge in [0, 0.05) is 36.3 Å². The van der Waals surface area contributed by atoms with E-state index in [9.17, 15) is 9.59 Å². The molecule has 3 rings (SSSR count). The molecule has 19 heavy (non-hydrogen) atoms. The summed E-state index contributed by atoms with van der Waals surface area (Å²) in [5, 5.41) is 0. The Bertz CT molecular complexity index is 665. The van der Waals surface area contributed by atoms with Crippen LogP contribution in [-0.4, -0.2) is 23.7 Å². The van der Waals surface area contributed by atoms with E-state index in [-0.39, 0.29) is 11.7 Å². The first kappa shape index (κ1) is 11.6. The maximum absolute atomic E-state index is 12.3. The Hall–Kier alpha value is -2.49. The number of benzene rings is 1. The van der Waals surface area contributed by atoms with Crippen LogP contribution in [0.2, 0.25) is 0 Å². The average Bonchev–Trinajstić information content (AvgIpc) is 2.74. The minimum absolute atomic E-state index is 0.0565. The molecule has 2 heterocycles. The highest BCUT2D eigenvalue weighted by molar-refractivity contribution is 6.10. The van der Waals surface area contributed by atoms with Gasteiger partial charge in [-0.05, 0) is 35.9 Å². The summed E-state index contributed by atoms with van der Waals surface area (Å²) in [5.74, 6) is -0.0149. The molecule has 4 nitrogen and oxygen atoms in total. The molecule has 0 spiro atoms. The highest BCUT2D eigenvalue weighted by atomic mass is 16.2. The van der Waals surface area contributed by atoms with Gasteiger partial charge < -0.3 is 4.90 Å². The van der Waals surface area contributed by atoms with Gasteiger partial charge in [0.2, 0.25) is 5.91 Å². The number of carbonyl (C=O) groups is 2. The monoisotopic (exact) mass is 252 g/mol. The third-order valence-electron chi connectivity index (χ3n) is 3.34. The fourth-order valence-electron chi connectivity index (χ4n) is 2.28. The molecule has 0 atom stereocenters. The molecule has 0 aliphatic carbocycles. The molecule has 0 N–H and O–H groups in total. The van der Waals surface area contributed by atoms with E-state index < -0.39 is 0 Å². The predicted octanol–water partition coefficient (Wildman–Crippen LogP) is 1.83. The quantitative estimate of drug-likeness (QED) is 0.766. The van der Waals surface area contributed by atoms with Crippen molar-refractivity contribution in [1.29, 1.82) is 0 Å². The summed E-state index contributed by atoms with van der Waals surface area (Å²) in [4.78, 5) is 29.4. The van der Waals surface area contributed by atoms with E-state index in [0.717, 1.165) is 11.3 Å². The zero-order chi connectivity index (χ0) is 13.4. The van der Waals surface area contributed by atoms with Crippen molar-refractivity contribution in [2.75, 3.05) is 11.9 Å². The highest BCUT2D eigenvalue weighted by Gasteiger charge is 2.24. The minimum Gasteiger partial charge on any atom is -0.315 e. The molecule has 1 aromatic carbocycles. The number of ketones is 1. The van der Waals surface area contributed by atoms with Gasteiger partial charge in [-0.1, -0.05) is 0 Å². The Morgan fingerprint density at radius 3 is 2.84 bits per heavy atom. The summed E-state index contributed by atoms with van der Waals surface area (Å²) < 4.78 is 0. The Morgan fingerprint density at radius 1 is 1.26 bits per heavy atom. The van der Waals surface area contributed by atoms with E-state index >= 15 is 0 Å². The lowest BCUT2D eigenvalue weighted by atomic mass is 10.0. The number of aromatic nitrogens is 1. The predicted molar refractivity (Wildman–Crippen MR) is 71.2 cm³/mol. The smallest absolute Gasteiger partial charge is 0.231 e. The number of rotatable bonds is 2. The van der Waals surface area contributed by atoms with Gasteiger partial charge in [0.05, 0.1) is 6.42 Å². The third kappa shape index (κ3) is 1.91. The summed E-state index contributed by atoms with van der Waals surface area (Å²) in [6.07, 6.45) is 3.54. The van der Waals surface area contributed by atoms with Crippen LogP contribution in [0.4, 0.5) is 5.69 Å². The number of carbonyl (C=O) groups excluding carboxylic acids is 2. The molecule has 1 aliphatic heterocycles. The van der Waals surface area contributed by atoms with E-state index in [2.05, 4.69) is 4.98 Å². The summed E-state index contributed by atoms with van der Waals surface area (Å²) in [6.45, 7) is 0. The van der Waals surface area contributed by atoms with Gasteiger partial charge in [-0.3, -0.25) is 14.6 Å². The van der Waals surface area contributed by atoms with Gasteiger partial charge in [-0.15, -0.1) is 0 Å². The molecule has 94 valence electrons. The van der Waals surface area contributed by atoms with Gasteiger partial charge >= 0.3 is 0 Å². The largest absolute Gasteiger partial charge is 0.315 e. The average molecular weight is 252 g/mol. The first-order valence-corrected chi connectivity index (χ1v) is 6.01. The van der Waals surface area contributed by atoms with E-state index in [0.29, 0.717) is 17.5 Å². The highest BCUT2D eigenvalue weighted by Crippen LogP contribution is 2.28. The summed E-state index contributed by atoms with van der Waals surface area (Å²) in [5.41, 5.74) is 2.94. The molecular weight excluding hydrogens is 240 g/mol. The second kappa shape index (κ2) is 4.31. The molecular formula is C15H12N2O2. The van der Waals surface area contributed by atoms with Crippen molar-refractivity contribution in [3.05, 3.63) is 59.4 Å².